The molecule has 194 valence electrons. The molecule has 0 bridgehead atoms. The summed E-state index contributed by atoms with van der Waals surface area (Å²) >= 11 is 0. The van der Waals surface area contributed by atoms with Gasteiger partial charge in [0, 0.05) is 30.7 Å². The van der Waals surface area contributed by atoms with Gasteiger partial charge in [0.05, 0.1) is 18.0 Å². The van der Waals surface area contributed by atoms with Gasteiger partial charge in [-0.2, -0.15) is 5.10 Å². The van der Waals surface area contributed by atoms with Gasteiger partial charge in [-0.3, -0.25) is 4.79 Å². The Balaban J connectivity index is 1.92. The van der Waals surface area contributed by atoms with E-state index in [2.05, 4.69) is 45.0 Å². The van der Waals surface area contributed by atoms with E-state index in [1.165, 1.54) is 19.3 Å². The molecule has 35 heavy (non-hydrogen) atoms. The van der Waals surface area contributed by atoms with Crippen molar-refractivity contribution in [2.24, 2.45) is 5.92 Å². The Kier molecular flexibility index (Phi) is 11.4. The molecule has 7 heteroatoms. The monoisotopic (exact) mass is 485 g/mol. The van der Waals surface area contributed by atoms with E-state index in [1.807, 2.05) is 12.1 Å². The van der Waals surface area contributed by atoms with E-state index >= 15 is 0 Å². The summed E-state index contributed by atoms with van der Waals surface area (Å²) in [5.74, 6) is 0.0718. The first-order valence-corrected chi connectivity index (χ1v) is 12.9. The van der Waals surface area contributed by atoms with Crippen LogP contribution in [-0.2, 0) is 14.9 Å². The van der Waals surface area contributed by atoms with E-state index < -0.39 is 5.97 Å². The van der Waals surface area contributed by atoms with E-state index in [4.69, 9.17) is 9.47 Å². The Morgan fingerprint density at radius 1 is 1.09 bits per heavy atom. The number of carbonyl (C=O) groups excluding carboxylic acids is 2. The van der Waals surface area contributed by atoms with Crippen LogP contribution in [-0.4, -0.2) is 48.0 Å². The summed E-state index contributed by atoms with van der Waals surface area (Å²) in [6.07, 6.45) is 5.62. The molecule has 1 unspecified atom stereocenters. The Labute approximate surface area is 210 Å². The van der Waals surface area contributed by atoms with E-state index in [0.717, 1.165) is 30.8 Å². The molecule has 1 heterocycles. The van der Waals surface area contributed by atoms with Crippen LogP contribution in [0.2, 0.25) is 0 Å². The number of nitrogens with zero attached hydrogens (tertiary/aromatic N) is 2. The van der Waals surface area contributed by atoms with Crippen LogP contribution >= 0.6 is 0 Å². The third-order valence-corrected chi connectivity index (χ3v) is 5.98. The number of carbonyl (C=O) groups is 2. The van der Waals surface area contributed by atoms with E-state index in [9.17, 15) is 9.59 Å². The molecular formula is C28H43N3O4. The summed E-state index contributed by atoms with van der Waals surface area (Å²) in [4.78, 5) is 24.8. The zero-order chi connectivity index (χ0) is 25.8. The first-order chi connectivity index (χ1) is 16.7. The van der Waals surface area contributed by atoms with E-state index in [1.54, 1.807) is 29.8 Å². The number of hydrogen-bond acceptors (Lipinski definition) is 5. The molecule has 0 spiro atoms. The quantitative estimate of drug-likeness (QED) is 0.274. The molecule has 0 aliphatic heterocycles. The summed E-state index contributed by atoms with van der Waals surface area (Å²) in [5, 5.41) is 7.44. The lowest BCUT2D eigenvalue weighted by molar-refractivity contribution is 0.0518. The van der Waals surface area contributed by atoms with Crippen molar-refractivity contribution in [2.45, 2.75) is 79.1 Å². The fraction of sp³-hybridized carbons (Fsp3) is 0.607. The molecule has 1 N–H and O–H groups in total. The molecule has 7 nitrogen and oxygen atoms in total. The van der Waals surface area contributed by atoms with E-state index in [0.29, 0.717) is 31.2 Å². The van der Waals surface area contributed by atoms with Gasteiger partial charge in [0.2, 0.25) is 0 Å². The number of unbranched alkanes of at least 4 members (excludes halogenated alkanes) is 1. The van der Waals surface area contributed by atoms with Crippen LogP contribution < -0.4 is 5.32 Å². The predicted molar refractivity (Wildman–Crippen MR) is 139 cm³/mol. The van der Waals surface area contributed by atoms with Crippen LogP contribution in [0, 0.1) is 5.92 Å². The lowest BCUT2D eigenvalue weighted by Crippen LogP contribution is -2.25. The van der Waals surface area contributed by atoms with Gasteiger partial charge in [-0.1, -0.05) is 53.9 Å². The third kappa shape index (κ3) is 8.80. The molecule has 2 rings (SSSR count). The van der Waals surface area contributed by atoms with Gasteiger partial charge in [-0.05, 0) is 56.0 Å². The lowest BCUT2D eigenvalue weighted by atomic mass is 9.91. The number of ether oxygens (including phenoxy) is 2. The second-order valence-corrected chi connectivity index (χ2v) is 9.94. The smallest absolute Gasteiger partial charge is 0.358 e. The second-order valence-electron chi connectivity index (χ2n) is 9.94. The Bertz CT molecular complexity index is 929. The van der Waals surface area contributed by atoms with Gasteiger partial charge in [-0.15, -0.1) is 0 Å². The minimum absolute atomic E-state index is 0.116. The highest BCUT2D eigenvalue weighted by atomic mass is 16.5. The van der Waals surface area contributed by atoms with Crippen molar-refractivity contribution in [2.75, 3.05) is 26.4 Å². The van der Waals surface area contributed by atoms with E-state index in [-0.39, 0.29) is 17.0 Å². The van der Waals surface area contributed by atoms with Gasteiger partial charge >= 0.3 is 5.97 Å². The highest BCUT2D eigenvalue weighted by molar-refractivity contribution is 5.94. The van der Waals surface area contributed by atoms with Gasteiger partial charge < -0.3 is 14.8 Å². The topological polar surface area (TPSA) is 82.5 Å². The van der Waals surface area contributed by atoms with Crippen molar-refractivity contribution in [1.29, 1.82) is 0 Å². The first kappa shape index (κ1) is 28.6. The molecule has 1 atom stereocenters. The Hall–Kier alpha value is -2.67. The number of esters is 1. The number of aromatic nitrogens is 2. The van der Waals surface area contributed by atoms with Gasteiger partial charge in [0.15, 0.2) is 5.69 Å². The highest BCUT2D eigenvalue weighted by Gasteiger charge is 2.25. The standard InChI is InChI=1S/C28H43N3O4/c1-7-10-12-21(8-2)20-34-18-11-17-29-26(32)22-13-15-23(16-14-22)31-25(28(4,5)6)19-24(30-31)27(33)35-9-3/h13-16,19,21H,7-12,17-18,20H2,1-6H3,(H,29,32). The van der Waals surface area contributed by atoms with Gasteiger partial charge in [0.25, 0.3) is 5.91 Å². The molecule has 1 amide bonds. The van der Waals surface area contributed by atoms with Crippen LogP contribution in [0.4, 0.5) is 0 Å². The molecule has 0 saturated carbocycles. The van der Waals surface area contributed by atoms with Crippen molar-refractivity contribution in [3.05, 3.63) is 47.3 Å². The number of nitrogens with one attached hydrogen (secondary N) is 1. The lowest BCUT2D eigenvalue weighted by Gasteiger charge is -2.20. The summed E-state index contributed by atoms with van der Waals surface area (Å²) in [6, 6.07) is 9.01. The van der Waals surface area contributed by atoms with Crippen LogP contribution in [0.25, 0.3) is 5.69 Å². The van der Waals surface area contributed by atoms with Crippen LogP contribution in [0.5, 0.6) is 0 Å². The normalized spacial score (nSPS) is 12.4. The van der Waals surface area contributed by atoms with Crippen LogP contribution in [0.1, 0.15) is 100 Å². The zero-order valence-electron chi connectivity index (χ0n) is 22.4. The van der Waals surface area contributed by atoms with Crippen LogP contribution in [0.15, 0.2) is 30.3 Å². The predicted octanol–water partition coefficient (Wildman–Crippen LogP) is 5.70. The molecule has 0 radical (unpaired) electrons. The van der Waals surface area contributed by atoms with Crippen molar-refractivity contribution in [3.8, 4) is 5.69 Å². The van der Waals surface area contributed by atoms with Crippen molar-refractivity contribution in [3.63, 3.8) is 0 Å². The summed E-state index contributed by atoms with van der Waals surface area (Å²) in [7, 11) is 0. The first-order valence-electron chi connectivity index (χ1n) is 12.9. The summed E-state index contributed by atoms with van der Waals surface area (Å²) in [6.45, 7) is 14.7. The Morgan fingerprint density at radius 3 is 2.40 bits per heavy atom. The minimum Gasteiger partial charge on any atom is -0.461 e. The molecule has 0 saturated heterocycles. The number of benzene rings is 1. The average molecular weight is 486 g/mol. The van der Waals surface area contributed by atoms with Gasteiger partial charge in [-0.25, -0.2) is 9.48 Å². The SMILES string of the molecule is CCCCC(CC)COCCCNC(=O)c1ccc(-n2nc(C(=O)OCC)cc2C(C)(C)C)cc1. The van der Waals surface area contributed by atoms with Crippen molar-refractivity contribution in [1.82, 2.24) is 15.1 Å². The fourth-order valence-electron chi connectivity index (χ4n) is 3.80. The minimum atomic E-state index is -0.442. The molecule has 0 aliphatic rings. The highest BCUT2D eigenvalue weighted by Crippen LogP contribution is 2.26. The average Bonchev–Trinajstić information content (AvgIpc) is 3.30. The largest absolute Gasteiger partial charge is 0.461 e. The van der Waals surface area contributed by atoms with Crippen LogP contribution in [0.3, 0.4) is 0 Å². The molecular weight excluding hydrogens is 442 g/mol. The Morgan fingerprint density at radius 2 is 1.80 bits per heavy atom. The maximum Gasteiger partial charge on any atom is 0.358 e. The second kappa shape index (κ2) is 14.0. The fourth-order valence-corrected chi connectivity index (χ4v) is 3.80. The molecule has 0 aliphatic carbocycles. The number of rotatable bonds is 14. The van der Waals surface area contributed by atoms with Gasteiger partial charge in [0.1, 0.15) is 0 Å². The summed E-state index contributed by atoms with van der Waals surface area (Å²) < 4.78 is 12.7. The molecule has 1 aromatic heterocycles. The number of amides is 1. The molecule has 0 fully saturated rings. The third-order valence-electron chi connectivity index (χ3n) is 5.98. The van der Waals surface area contributed by atoms with Crippen molar-refractivity contribution < 1.29 is 19.1 Å². The maximum atomic E-state index is 12.6. The molecule has 1 aromatic carbocycles. The summed E-state index contributed by atoms with van der Waals surface area (Å²) in [5.41, 5.74) is 2.29. The zero-order valence-corrected chi connectivity index (χ0v) is 22.4. The van der Waals surface area contributed by atoms with Crippen molar-refractivity contribution >= 4 is 11.9 Å². The maximum absolute atomic E-state index is 12.6. The number of hydrogen-bond donors (Lipinski definition) is 1. The molecule has 2 aromatic rings.